The molecule has 0 aliphatic heterocycles. The number of carbonyl (C=O) groups excluding carboxylic acids is 1. The van der Waals surface area contributed by atoms with Gasteiger partial charge in [0, 0.05) is 57.5 Å². The maximum Gasteiger partial charge on any atom is 0.190 e. The number of ketones is 1. The molecule has 1 aliphatic rings. The van der Waals surface area contributed by atoms with Crippen LogP contribution in [0.15, 0.2) is 66.6 Å². The summed E-state index contributed by atoms with van der Waals surface area (Å²) >= 11 is 1.85. The predicted molar refractivity (Wildman–Crippen MR) is 149 cm³/mol. The van der Waals surface area contributed by atoms with E-state index in [-0.39, 0.29) is 37.3 Å². The Kier molecular flexibility index (Phi) is 8.36. The molecule has 38 heavy (non-hydrogen) atoms. The first-order valence-corrected chi connectivity index (χ1v) is 12.9. The maximum atomic E-state index is 11.0. The Bertz CT molecular complexity index is 1700. The summed E-state index contributed by atoms with van der Waals surface area (Å²) in [7, 11) is 0. The zero-order valence-corrected chi connectivity index (χ0v) is 24.1. The molecule has 0 atom stereocenters. The molecule has 0 unspecified atom stereocenters. The van der Waals surface area contributed by atoms with Gasteiger partial charge in [-0.15, -0.1) is 29.0 Å². The SMILES string of the molecule is CC(=O)/C=C(/C)O.O=[N+]([O-])c1c[c-]c(-c2nccc3cc4sc5cc6c(cc5c4cc23)CCCC6)cc1.[Ir]. The average molecular weight is 702 g/mol. The van der Waals surface area contributed by atoms with Crippen molar-refractivity contribution in [3.63, 3.8) is 0 Å². The summed E-state index contributed by atoms with van der Waals surface area (Å²) in [4.78, 5) is 25.2. The largest absolute Gasteiger partial charge is 0.512 e. The molecule has 195 valence electrons. The molecule has 3 aromatic carbocycles. The van der Waals surface area contributed by atoms with Crippen LogP contribution >= 0.6 is 11.3 Å². The Labute approximate surface area is 237 Å². The number of pyridine rings is 1. The van der Waals surface area contributed by atoms with Crippen molar-refractivity contribution in [2.45, 2.75) is 39.5 Å². The molecule has 6 nitrogen and oxygen atoms in total. The number of carbonyl (C=O) groups is 1. The van der Waals surface area contributed by atoms with E-state index in [0.29, 0.717) is 0 Å². The molecule has 0 amide bonds. The minimum atomic E-state index is -0.404. The summed E-state index contributed by atoms with van der Waals surface area (Å²) in [5.74, 6) is -0.0625. The molecule has 8 heteroatoms. The van der Waals surface area contributed by atoms with Gasteiger partial charge in [0.05, 0.1) is 5.76 Å². The number of allylic oxidation sites excluding steroid dienone is 2. The molecule has 1 N–H and O–H groups in total. The second-order valence-electron chi connectivity index (χ2n) is 9.27. The average Bonchev–Trinajstić information content (AvgIpc) is 3.21. The number of rotatable bonds is 3. The molecule has 2 heterocycles. The topological polar surface area (TPSA) is 93.3 Å². The fourth-order valence-electron chi connectivity index (χ4n) is 4.86. The predicted octanol–water partition coefficient (Wildman–Crippen LogP) is 7.89. The van der Waals surface area contributed by atoms with E-state index in [0.717, 1.165) is 22.0 Å². The zero-order valence-electron chi connectivity index (χ0n) is 20.9. The summed E-state index contributed by atoms with van der Waals surface area (Å²) in [5.41, 5.74) is 4.61. The van der Waals surface area contributed by atoms with Crippen LogP contribution in [-0.2, 0) is 37.7 Å². The third-order valence-electron chi connectivity index (χ3n) is 6.49. The summed E-state index contributed by atoms with van der Waals surface area (Å²) in [5, 5.41) is 24.1. The van der Waals surface area contributed by atoms with Crippen LogP contribution in [0.2, 0.25) is 0 Å². The van der Waals surface area contributed by atoms with Gasteiger partial charge >= 0.3 is 0 Å². The van der Waals surface area contributed by atoms with Crippen LogP contribution in [0.3, 0.4) is 0 Å². The van der Waals surface area contributed by atoms with Crippen molar-refractivity contribution in [3.05, 3.63) is 93.9 Å². The number of thiophene rings is 1. The van der Waals surface area contributed by atoms with Gasteiger partial charge in [-0.25, -0.2) is 0 Å². The number of nitro benzene ring substituents is 1. The van der Waals surface area contributed by atoms with E-state index in [1.165, 1.54) is 89.0 Å². The maximum absolute atomic E-state index is 11.0. The van der Waals surface area contributed by atoms with Crippen LogP contribution in [0.4, 0.5) is 5.69 Å². The van der Waals surface area contributed by atoms with Crippen LogP contribution in [0, 0.1) is 16.2 Å². The Balaban J connectivity index is 0.000000375. The third-order valence-corrected chi connectivity index (χ3v) is 7.61. The van der Waals surface area contributed by atoms with Gasteiger partial charge in [-0.05, 0) is 91.4 Å². The monoisotopic (exact) mass is 702 g/mol. The number of non-ortho nitro benzene ring substituents is 1. The fraction of sp³-hybridized carbons (Fsp3) is 0.200. The van der Waals surface area contributed by atoms with Crippen molar-refractivity contribution in [2.75, 3.05) is 0 Å². The molecule has 2 aromatic heterocycles. The van der Waals surface area contributed by atoms with E-state index >= 15 is 0 Å². The molecule has 5 aromatic rings. The Hall–Kier alpha value is -3.45. The second kappa shape index (κ2) is 11.5. The minimum absolute atomic E-state index is 0. The molecule has 0 spiro atoms. The number of hydrogen-bond acceptors (Lipinski definition) is 6. The van der Waals surface area contributed by atoms with Gasteiger partial charge in [0.25, 0.3) is 0 Å². The molecule has 0 saturated carbocycles. The first kappa shape index (κ1) is 27.6. The summed E-state index contributed by atoms with van der Waals surface area (Å²) in [6.45, 7) is 2.85. The van der Waals surface area contributed by atoms with Crippen molar-refractivity contribution in [1.82, 2.24) is 4.98 Å². The first-order valence-electron chi connectivity index (χ1n) is 12.1. The Morgan fingerprint density at radius 1 is 1.03 bits per heavy atom. The fourth-order valence-corrected chi connectivity index (χ4v) is 6.04. The van der Waals surface area contributed by atoms with Crippen molar-refractivity contribution < 1.29 is 34.9 Å². The van der Waals surface area contributed by atoms with E-state index < -0.39 is 4.92 Å². The molecule has 6 rings (SSSR count). The van der Waals surface area contributed by atoms with Gasteiger partial charge in [-0.2, -0.15) is 0 Å². The number of nitro groups is 1. The zero-order chi connectivity index (χ0) is 26.1. The number of aliphatic hydroxyl groups excluding tert-OH is 1. The number of aliphatic hydroxyl groups is 1. The van der Waals surface area contributed by atoms with Crippen molar-refractivity contribution >= 4 is 53.8 Å². The molecule has 1 radical (unpaired) electrons. The number of benzene rings is 3. The third kappa shape index (κ3) is 5.68. The molecular weight excluding hydrogens is 677 g/mol. The number of nitrogens with zero attached hydrogens (tertiary/aromatic N) is 2. The number of fused-ring (bicyclic) bond motifs is 5. The molecule has 0 bridgehead atoms. The molecular formula is C30H25IrN2O4S-. The minimum Gasteiger partial charge on any atom is -0.512 e. The van der Waals surface area contributed by atoms with E-state index in [1.54, 1.807) is 12.3 Å². The van der Waals surface area contributed by atoms with Crippen LogP contribution in [0.5, 0.6) is 0 Å². The standard InChI is InChI=1S/C25H17N2O2S.C5H8O2.Ir/c28-27(29)19-7-5-15(6-8-19)25-20-14-22-21-11-16-3-1-2-4-17(16)12-23(21)30-24(22)13-18(20)9-10-26-25;1-4(6)3-5(2)7;/h5,7-14H,1-4H2;3,6H,1-2H3;/q-1;;/b;4-3-;. The van der Waals surface area contributed by atoms with Gasteiger partial charge in [-0.1, -0.05) is 18.2 Å². The quantitative estimate of drug-likeness (QED) is 0.0679. The van der Waals surface area contributed by atoms with Gasteiger partial charge in [0.1, 0.15) is 0 Å². The van der Waals surface area contributed by atoms with Crippen molar-refractivity contribution in [1.29, 1.82) is 0 Å². The first-order chi connectivity index (χ1) is 17.8. The summed E-state index contributed by atoms with van der Waals surface area (Å²) < 4.78 is 2.63. The molecule has 0 fully saturated rings. The smallest absolute Gasteiger partial charge is 0.190 e. The molecule has 1 aliphatic carbocycles. The van der Waals surface area contributed by atoms with Crippen molar-refractivity contribution in [2.24, 2.45) is 0 Å². The van der Waals surface area contributed by atoms with Crippen LogP contribution in [-0.4, -0.2) is 20.8 Å². The normalized spacial score (nSPS) is 12.9. The van der Waals surface area contributed by atoms with Gasteiger partial charge in [0.15, 0.2) is 11.5 Å². The summed E-state index contributed by atoms with van der Waals surface area (Å²) in [6, 6.07) is 19.0. The van der Waals surface area contributed by atoms with E-state index in [4.69, 9.17) is 5.11 Å². The number of aryl methyl sites for hydroxylation is 2. The summed E-state index contributed by atoms with van der Waals surface area (Å²) in [6.07, 6.45) is 7.87. The van der Waals surface area contributed by atoms with E-state index in [9.17, 15) is 14.9 Å². The van der Waals surface area contributed by atoms with Crippen LogP contribution in [0.25, 0.3) is 42.2 Å². The Morgan fingerprint density at radius 3 is 2.32 bits per heavy atom. The van der Waals surface area contributed by atoms with Crippen LogP contribution < -0.4 is 0 Å². The number of hydrogen-bond donors (Lipinski definition) is 1. The van der Waals surface area contributed by atoms with Crippen LogP contribution in [0.1, 0.15) is 37.8 Å². The van der Waals surface area contributed by atoms with E-state index in [1.807, 2.05) is 17.4 Å². The van der Waals surface area contributed by atoms with Gasteiger partial charge < -0.3 is 10.1 Å². The van der Waals surface area contributed by atoms with E-state index in [2.05, 4.69) is 35.3 Å². The molecule has 0 saturated heterocycles. The van der Waals surface area contributed by atoms with Crippen molar-refractivity contribution in [3.8, 4) is 11.3 Å². The van der Waals surface area contributed by atoms with Gasteiger partial charge in [0.2, 0.25) is 0 Å². The number of aromatic nitrogens is 1. The second-order valence-corrected chi connectivity index (χ2v) is 10.4. The Morgan fingerprint density at radius 2 is 1.71 bits per heavy atom. The van der Waals surface area contributed by atoms with Gasteiger partial charge in [-0.3, -0.25) is 14.9 Å².